The van der Waals surface area contributed by atoms with Crippen LogP contribution in [-0.4, -0.2) is 17.2 Å². The van der Waals surface area contributed by atoms with Crippen LogP contribution in [0.3, 0.4) is 0 Å². The molecule has 0 bridgehead atoms. The molecule has 0 aliphatic carbocycles. The summed E-state index contributed by atoms with van der Waals surface area (Å²) in [5.41, 5.74) is 0.303. The zero-order valence-electron chi connectivity index (χ0n) is 6.87. The summed E-state index contributed by atoms with van der Waals surface area (Å²) in [7, 11) is -1.55. The van der Waals surface area contributed by atoms with Gasteiger partial charge in [0.25, 0.3) is 0 Å². The molecule has 14 heavy (non-hydrogen) atoms. The molecule has 0 aliphatic heterocycles. The number of halogens is 2. The second kappa shape index (κ2) is 3.72. The normalized spacial score (nSPS) is 10.9. The van der Waals surface area contributed by atoms with Gasteiger partial charge in [0.1, 0.15) is 0 Å². The van der Waals surface area contributed by atoms with Crippen molar-refractivity contribution >= 4 is 57.2 Å². The Labute approximate surface area is 94.8 Å². The van der Waals surface area contributed by atoms with E-state index < -0.39 is 7.12 Å². The molecular formula is C8H5BCl2O2S. The van der Waals surface area contributed by atoms with E-state index in [2.05, 4.69) is 0 Å². The third-order valence-electron chi connectivity index (χ3n) is 1.92. The Bertz CT molecular complexity index is 483. The van der Waals surface area contributed by atoms with Crippen molar-refractivity contribution in [2.45, 2.75) is 0 Å². The van der Waals surface area contributed by atoms with Crippen LogP contribution in [-0.2, 0) is 0 Å². The first-order valence-electron chi connectivity index (χ1n) is 3.82. The van der Waals surface area contributed by atoms with Crippen molar-refractivity contribution in [3.63, 3.8) is 0 Å². The average Bonchev–Trinajstić information content (AvgIpc) is 2.46. The largest absolute Gasteiger partial charge is 0.490 e. The fourth-order valence-corrected chi connectivity index (χ4v) is 2.69. The molecular weight excluding hydrogens is 242 g/mol. The van der Waals surface area contributed by atoms with Crippen molar-refractivity contribution in [3.05, 3.63) is 27.6 Å². The molecule has 0 saturated heterocycles. The smallest absolute Gasteiger partial charge is 0.423 e. The third-order valence-corrected chi connectivity index (χ3v) is 3.64. The second-order valence-corrected chi connectivity index (χ2v) is 4.55. The maximum absolute atomic E-state index is 9.01. The van der Waals surface area contributed by atoms with E-state index in [1.54, 1.807) is 17.5 Å². The molecule has 0 atom stereocenters. The summed E-state index contributed by atoms with van der Waals surface area (Å²) >= 11 is 13.2. The number of thiophene rings is 1. The fraction of sp³-hybridized carbons (Fsp3) is 0. The molecule has 6 heteroatoms. The topological polar surface area (TPSA) is 40.5 Å². The van der Waals surface area contributed by atoms with E-state index in [1.165, 1.54) is 11.3 Å². The van der Waals surface area contributed by atoms with Crippen molar-refractivity contribution < 1.29 is 10.0 Å². The Kier molecular flexibility index (Phi) is 2.73. The van der Waals surface area contributed by atoms with Gasteiger partial charge in [-0.1, -0.05) is 23.2 Å². The number of fused-ring (bicyclic) bond motifs is 1. The maximum atomic E-state index is 9.01. The summed E-state index contributed by atoms with van der Waals surface area (Å²) in [5, 5.41) is 21.6. The van der Waals surface area contributed by atoms with Gasteiger partial charge in [-0.15, -0.1) is 11.3 Å². The highest BCUT2D eigenvalue weighted by Crippen LogP contribution is 2.31. The molecule has 2 N–H and O–H groups in total. The van der Waals surface area contributed by atoms with Crippen LogP contribution in [0.1, 0.15) is 0 Å². The van der Waals surface area contributed by atoms with Crippen molar-refractivity contribution in [1.29, 1.82) is 0 Å². The molecule has 0 unspecified atom stereocenters. The van der Waals surface area contributed by atoms with E-state index in [9.17, 15) is 0 Å². The van der Waals surface area contributed by atoms with Crippen LogP contribution in [0.4, 0.5) is 0 Å². The molecule has 0 fully saturated rings. The minimum absolute atomic E-state index is 0.303. The molecule has 1 heterocycles. The highest BCUT2D eigenvalue weighted by Gasteiger charge is 2.17. The van der Waals surface area contributed by atoms with Crippen molar-refractivity contribution in [1.82, 2.24) is 0 Å². The van der Waals surface area contributed by atoms with Crippen molar-refractivity contribution in [2.24, 2.45) is 0 Å². The standard InChI is InChI=1S/C8H5BCl2O2S/c10-6-1-4-7(11)3-14-8(4)2-5(6)9(12)13/h1-3,12-13H. The molecule has 0 saturated carbocycles. The van der Waals surface area contributed by atoms with Crippen LogP contribution in [0, 0.1) is 0 Å². The summed E-state index contributed by atoms with van der Waals surface area (Å²) in [5.74, 6) is 0. The summed E-state index contributed by atoms with van der Waals surface area (Å²) < 4.78 is 0.891. The third kappa shape index (κ3) is 1.64. The summed E-state index contributed by atoms with van der Waals surface area (Å²) in [6.45, 7) is 0. The Morgan fingerprint density at radius 1 is 1.14 bits per heavy atom. The molecule has 2 rings (SSSR count). The van der Waals surface area contributed by atoms with E-state index in [-0.39, 0.29) is 0 Å². The first-order chi connectivity index (χ1) is 6.59. The highest BCUT2D eigenvalue weighted by atomic mass is 35.5. The molecule has 1 aromatic heterocycles. The van der Waals surface area contributed by atoms with Gasteiger partial charge in [-0.2, -0.15) is 0 Å². The molecule has 0 aliphatic rings. The lowest BCUT2D eigenvalue weighted by Gasteiger charge is -2.02. The van der Waals surface area contributed by atoms with E-state index in [1.807, 2.05) is 0 Å². The molecule has 0 radical (unpaired) electrons. The zero-order chi connectivity index (χ0) is 10.3. The predicted octanol–water partition coefficient (Wildman–Crippen LogP) is 1.89. The molecule has 0 amide bonds. The van der Waals surface area contributed by atoms with Crippen LogP contribution in [0.25, 0.3) is 10.1 Å². The van der Waals surface area contributed by atoms with Gasteiger partial charge in [-0.3, -0.25) is 0 Å². The molecule has 0 spiro atoms. The summed E-state index contributed by atoms with van der Waals surface area (Å²) in [6, 6.07) is 3.28. The minimum atomic E-state index is -1.55. The van der Waals surface area contributed by atoms with Crippen LogP contribution >= 0.6 is 34.5 Å². The van der Waals surface area contributed by atoms with Crippen molar-refractivity contribution in [2.75, 3.05) is 0 Å². The lowest BCUT2D eigenvalue weighted by atomic mass is 9.80. The number of hydrogen-bond acceptors (Lipinski definition) is 3. The lowest BCUT2D eigenvalue weighted by Crippen LogP contribution is -2.30. The molecule has 2 aromatic rings. The lowest BCUT2D eigenvalue weighted by molar-refractivity contribution is 0.426. The van der Waals surface area contributed by atoms with Gasteiger partial charge in [0, 0.05) is 26.0 Å². The van der Waals surface area contributed by atoms with Gasteiger partial charge in [0.15, 0.2) is 0 Å². The van der Waals surface area contributed by atoms with E-state index >= 15 is 0 Å². The monoisotopic (exact) mass is 246 g/mol. The summed E-state index contributed by atoms with van der Waals surface area (Å²) in [4.78, 5) is 0. The van der Waals surface area contributed by atoms with E-state index in [4.69, 9.17) is 33.2 Å². The van der Waals surface area contributed by atoms with Crippen LogP contribution in [0.5, 0.6) is 0 Å². The van der Waals surface area contributed by atoms with E-state index in [0.717, 1.165) is 10.1 Å². The average molecular weight is 247 g/mol. The molecule has 1 aromatic carbocycles. The zero-order valence-corrected chi connectivity index (χ0v) is 9.20. The SMILES string of the molecule is OB(O)c1cc2scc(Cl)c2cc1Cl. The Morgan fingerprint density at radius 3 is 2.50 bits per heavy atom. The van der Waals surface area contributed by atoms with Gasteiger partial charge < -0.3 is 10.0 Å². The van der Waals surface area contributed by atoms with Crippen LogP contribution in [0.15, 0.2) is 17.5 Å². The highest BCUT2D eigenvalue weighted by molar-refractivity contribution is 7.18. The van der Waals surface area contributed by atoms with Gasteiger partial charge in [0.2, 0.25) is 0 Å². The first kappa shape index (κ1) is 10.3. The first-order valence-corrected chi connectivity index (χ1v) is 5.45. The van der Waals surface area contributed by atoms with Crippen molar-refractivity contribution in [3.8, 4) is 0 Å². The maximum Gasteiger partial charge on any atom is 0.490 e. The van der Waals surface area contributed by atoms with E-state index in [0.29, 0.717) is 15.5 Å². The molecule has 72 valence electrons. The van der Waals surface area contributed by atoms with Crippen LogP contribution < -0.4 is 5.46 Å². The Hall–Kier alpha value is -0.255. The molecule has 2 nitrogen and oxygen atoms in total. The Balaban J connectivity index is 2.72. The van der Waals surface area contributed by atoms with Gasteiger partial charge in [-0.05, 0) is 12.1 Å². The van der Waals surface area contributed by atoms with Gasteiger partial charge in [0.05, 0.1) is 5.02 Å². The number of hydrogen-bond donors (Lipinski definition) is 2. The van der Waals surface area contributed by atoms with Crippen LogP contribution in [0.2, 0.25) is 10.0 Å². The summed E-state index contributed by atoms with van der Waals surface area (Å²) in [6.07, 6.45) is 0. The number of benzene rings is 1. The quantitative estimate of drug-likeness (QED) is 0.755. The second-order valence-electron chi connectivity index (χ2n) is 2.83. The predicted molar refractivity (Wildman–Crippen MR) is 61.7 cm³/mol. The number of rotatable bonds is 1. The van der Waals surface area contributed by atoms with Gasteiger partial charge >= 0.3 is 7.12 Å². The van der Waals surface area contributed by atoms with Gasteiger partial charge in [-0.25, -0.2) is 0 Å². The minimum Gasteiger partial charge on any atom is -0.423 e. The Morgan fingerprint density at radius 2 is 1.86 bits per heavy atom. The fourth-order valence-electron chi connectivity index (χ4n) is 1.23.